The molecule has 0 aromatic heterocycles. The molecule has 2 aromatic carbocycles. The first-order chi connectivity index (χ1) is 8.00. The number of aryl methyl sites for hydroxylation is 1. The molecule has 0 spiro atoms. The van der Waals surface area contributed by atoms with E-state index >= 15 is 0 Å². The van der Waals surface area contributed by atoms with E-state index in [1.807, 2.05) is 25.1 Å². The van der Waals surface area contributed by atoms with Gasteiger partial charge in [0.25, 0.3) is 0 Å². The Hall–Kier alpha value is -2.36. The van der Waals surface area contributed by atoms with E-state index in [0.717, 1.165) is 5.56 Å². The molecule has 0 amide bonds. The van der Waals surface area contributed by atoms with Gasteiger partial charge < -0.3 is 22.9 Å². The second-order valence-electron chi connectivity index (χ2n) is 3.75. The van der Waals surface area contributed by atoms with Crippen molar-refractivity contribution < 1.29 is 0 Å². The highest BCUT2D eigenvalue weighted by Gasteiger charge is 1.93. The first kappa shape index (κ1) is 12.7. The first-order valence-corrected chi connectivity index (χ1v) is 5.22. The summed E-state index contributed by atoms with van der Waals surface area (Å²) in [5.74, 6) is 0. The smallest absolute Gasteiger partial charge is 0.0577 e. The van der Waals surface area contributed by atoms with Crippen molar-refractivity contribution in [2.24, 2.45) is 0 Å². The van der Waals surface area contributed by atoms with Crippen LogP contribution < -0.4 is 22.9 Å². The molecule has 0 atom stereocenters. The highest BCUT2D eigenvalue weighted by Crippen LogP contribution is 2.17. The summed E-state index contributed by atoms with van der Waals surface area (Å²) in [6.07, 6.45) is 0. The number of hydrogen-bond donors (Lipinski definition) is 4. The van der Waals surface area contributed by atoms with E-state index in [1.54, 1.807) is 24.3 Å². The van der Waals surface area contributed by atoms with Gasteiger partial charge in [0.2, 0.25) is 0 Å². The molecular weight excluding hydrogens is 212 g/mol. The second-order valence-corrected chi connectivity index (χ2v) is 3.75. The predicted molar refractivity (Wildman–Crippen MR) is 75.3 cm³/mol. The number of nitrogens with two attached hydrogens (primary N) is 4. The summed E-state index contributed by atoms with van der Waals surface area (Å²) < 4.78 is 0. The van der Waals surface area contributed by atoms with Gasteiger partial charge in [0.1, 0.15) is 0 Å². The van der Waals surface area contributed by atoms with Crippen molar-refractivity contribution in [3.8, 4) is 0 Å². The molecule has 0 aliphatic rings. The van der Waals surface area contributed by atoms with Gasteiger partial charge in [-0.05, 0) is 36.8 Å². The Labute approximate surface area is 101 Å². The molecule has 2 rings (SSSR count). The molecule has 0 aliphatic heterocycles. The number of nitrogen functional groups attached to an aromatic ring is 4. The normalized spacial score (nSPS) is 9.24. The van der Waals surface area contributed by atoms with Crippen molar-refractivity contribution >= 4 is 22.7 Å². The van der Waals surface area contributed by atoms with Gasteiger partial charge in [0.05, 0.1) is 11.4 Å². The minimum Gasteiger partial charge on any atom is -0.399 e. The molecule has 0 aliphatic carbocycles. The monoisotopic (exact) mass is 230 g/mol. The van der Waals surface area contributed by atoms with Crippen LogP contribution in [0.3, 0.4) is 0 Å². The van der Waals surface area contributed by atoms with E-state index in [4.69, 9.17) is 22.9 Å². The lowest BCUT2D eigenvalue weighted by Gasteiger charge is -2.00. The standard InChI is InChI=1S/C7H10N2.C6H8N2/c1-5-3-2-4-6(8)7(5)9;7-5-2-1-3-6(8)4-5/h2-4H,8-9H2,1H3;1-4H,7-8H2. The van der Waals surface area contributed by atoms with Crippen LogP contribution in [0.2, 0.25) is 0 Å². The Kier molecular flexibility index (Phi) is 4.22. The summed E-state index contributed by atoms with van der Waals surface area (Å²) >= 11 is 0. The molecule has 0 fully saturated rings. The van der Waals surface area contributed by atoms with Crippen LogP contribution in [0.1, 0.15) is 5.56 Å². The highest BCUT2D eigenvalue weighted by molar-refractivity contribution is 5.66. The molecular formula is C13H18N4. The maximum atomic E-state index is 5.56. The summed E-state index contributed by atoms with van der Waals surface area (Å²) in [5, 5.41) is 0. The molecule has 4 heteroatoms. The average Bonchev–Trinajstić information content (AvgIpc) is 2.26. The van der Waals surface area contributed by atoms with Crippen LogP contribution in [0, 0.1) is 6.92 Å². The number of benzene rings is 2. The van der Waals surface area contributed by atoms with Crippen molar-refractivity contribution in [3.05, 3.63) is 48.0 Å². The number of anilines is 4. The zero-order valence-corrected chi connectivity index (χ0v) is 9.85. The third-order valence-electron chi connectivity index (χ3n) is 2.27. The van der Waals surface area contributed by atoms with Crippen molar-refractivity contribution in [1.29, 1.82) is 0 Å². The highest BCUT2D eigenvalue weighted by atomic mass is 14.7. The van der Waals surface area contributed by atoms with E-state index < -0.39 is 0 Å². The Morgan fingerprint density at radius 3 is 1.65 bits per heavy atom. The van der Waals surface area contributed by atoms with E-state index in [2.05, 4.69) is 0 Å². The molecule has 0 unspecified atom stereocenters. The minimum absolute atomic E-state index is 0.662. The average molecular weight is 230 g/mol. The molecule has 17 heavy (non-hydrogen) atoms. The van der Waals surface area contributed by atoms with Crippen molar-refractivity contribution in [1.82, 2.24) is 0 Å². The molecule has 2 aromatic rings. The Morgan fingerprint density at radius 2 is 1.29 bits per heavy atom. The van der Waals surface area contributed by atoms with Crippen LogP contribution in [0.15, 0.2) is 42.5 Å². The Balaban J connectivity index is 0.000000171. The summed E-state index contributed by atoms with van der Waals surface area (Å²) in [6.45, 7) is 1.94. The topological polar surface area (TPSA) is 104 Å². The fraction of sp³-hybridized carbons (Fsp3) is 0.0769. The van der Waals surface area contributed by atoms with Gasteiger partial charge >= 0.3 is 0 Å². The predicted octanol–water partition coefficient (Wildman–Crippen LogP) is 2.01. The number of rotatable bonds is 0. The lowest BCUT2D eigenvalue weighted by atomic mass is 10.2. The first-order valence-electron chi connectivity index (χ1n) is 5.22. The van der Waals surface area contributed by atoms with E-state index in [-0.39, 0.29) is 0 Å². The SMILES string of the molecule is Cc1cccc(N)c1N.Nc1cccc(N)c1. The lowest BCUT2D eigenvalue weighted by molar-refractivity contribution is 1.47. The Morgan fingerprint density at radius 1 is 0.765 bits per heavy atom. The van der Waals surface area contributed by atoms with Gasteiger partial charge in [-0.25, -0.2) is 0 Å². The van der Waals surface area contributed by atoms with Crippen molar-refractivity contribution in [2.45, 2.75) is 6.92 Å². The largest absolute Gasteiger partial charge is 0.399 e. The zero-order valence-electron chi connectivity index (χ0n) is 9.85. The molecule has 0 saturated carbocycles. The third-order valence-corrected chi connectivity index (χ3v) is 2.27. The fourth-order valence-corrected chi connectivity index (χ4v) is 1.26. The van der Waals surface area contributed by atoms with Crippen LogP contribution >= 0.6 is 0 Å². The summed E-state index contributed by atoms with van der Waals surface area (Å²) in [7, 11) is 0. The quantitative estimate of drug-likeness (QED) is 0.519. The number of para-hydroxylation sites is 1. The summed E-state index contributed by atoms with van der Waals surface area (Å²) in [5.41, 5.74) is 25.6. The van der Waals surface area contributed by atoms with Gasteiger partial charge in [0, 0.05) is 11.4 Å². The van der Waals surface area contributed by atoms with E-state index in [1.165, 1.54) is 0 Å². The maximum Gasteiger partial charge on any atom is 0.0577 e. The van der Waals surface area contributed by atoms with Crippen LogP contribution in [0.5, 0.6) is 0 Å². The third kappa shape index (κ3) is 3.95. The van der Waals surface area contributed by atoms with Gasteiger partial charge in [0.15, 0.2) is 0 Å². The maximum absolute atomic E-state index is 5.56. The molecule has 8 N–H and O–H groups in total. The van der Waals surface area contributed by atoms with E-state index in [9.17, 15) is 0 Å². The summed E-state index contributed by atoms with van der Waals surface area (Å²) in [4.78, 5) is 0. The molecule has 0 heterocycles. The van der Waals surface area contributed by atoms with Crippen LogP contribution in [0.4, 0.5) is 22.7 Å². The van der Waals surface area contributed by atoms with E-state index in [0.29, 0.717) is 22.7 Å². The van der Waals surface area contributed by atoms with Gasteiger partial charge in [-0.3, -0.25) is 0 Å². The van der Waals surface area contributed by atoms with Crippen LogP contribution in [-0.2, 0) is 0 Å². The van der Waals surface area contributed by atoms with Gasteiger partial charge in [-0.1, -0.05) is 18.2 Å². The van der Waals surface area contributed by atoms with Crippen molar-refractivity contribution in [3.63, 3.8) is 0 Å². The Bertz CT molecular complexity index is 457. The second kappa shape index (κ2) is 5.65. The number of hydrogen-bond acceptors (Lipinski definition) is 4. The van der Waals surface area contributed by atoms with Crippen LogP contribution in [0.25, 0.3) is 0 Å². The van der Waals surface area contributed by atoms with Crippen LogP contribution in [-0.4, -0.2) is 0 Å². The summed E-state index contributed by atoms with van der Waals surface area (Å²) in [6, 6.07) is 12.8. The fourth-order valence-electron chi connectivity index (χ4n) is 1.26. The molecule has 0 saturated heterocycles. The lowest BCUT2D eigenvalue weighted by Crippen LogP contribution is -1.95. The van der Waals surface area contributed by atoms with Gasteiger partial charge in [-0.2, -0.15) is 0 Å². The van der Waals surface area contributed by atoms with Gasteiger partial charge in [-0.15, -0.1) is 0 Å². The minimum atomic E-state index is 0.662. The zero-order chi connectivity index (χ0) is 12.8. The molecule has 0 radical (unpaired) electrons. The molecule has 4 nitrogen and oxygen atoms in total. The van der Waals surface area contributed by atoms with Crippen molar-refractivity contribution in [2.75, 3.05) is 22.9 Å². The molecule has 90 valence electrons. The molecule has 0 bridgehead atoms.